The van der Waals surface area contributed by atoms with Gasteiger partial charge in [0.1, 0.15) is 5.82 Å². The Hall–Kier alpha value is -1.09. The fourth-order valence-corrected chi connectivity index (χ4v) is 2.05. The monoisotopic (exact) mass is 208 g/mol. The summed E-state index contributed by atoms with van der Waals surface area (Å²) in [4.78, 5) is 4.41. The number of benzene rings is 1. The minimum atomic E-state index is -0.0976. The van der Waals surface area contributed by atoms with Crippen molar-refractivity contribution in [2.24, 2.45) is 0 Å². The van der Waals surface area contributed by atoms with E-state index in [2.05, 4.69) is 16.8 Å². The summed E-state index contributed by atoms with van der Waals surface area (Å²) in [7, 11) is 2.10. The van der Waals surface area contributed by atoms with Crippen LogP contribution in [0.4, 0.5) is 10.1 Å². The minimum absolute atomic E-state index is 0.0976. The number of nitrogens with zero attached hydrogens (tertiary/aromatic N) is 2. The summed E-state index contributed by atoms with van der Waals surface area (Å²) in [5.74, 6) is -0.0976. The molecule has 1 aromatic rings. The molecule has 1 saturated heterocycles. The number of hydrogen-bond acceptors (Lipinski definition) is 2. The van der Waals surface area contributed by atoms with Crippen LogP contribution in [0.5, 0.6) is 0 Å². The molecule has 1 aliphatic rings. The maximum absolute atomic E-state index is 13.7. The van der Waals surface area contributed by atoms with Crippen LogP contribution in [0, 0.1) is 12.7 Å². The molecule has 1 heterocycles. The van der Waals surface area contributed by atoms with Crippen LogP contribution in [0.2, 0.25) is 0 Å². The molecule has 82 valence electrons. The minimum Gasteiger partial charge on any atom is -0.366 e. The highest BCUT2D eigenvalue weighted by Gasteiger charge is 2.18. The zero-order valence-corrected chi connectivity index (χ0v) is 9.33. The summed E-state index contributed by atoms with van der Waals surface area (Å²) in [6, 6.07) is 5.28. The maximum atomic E-state index is 13.7. The second-order valence-corrected chi connectivity index (χ2v) is 4.20. The van der Waals surface area contributed by atoms with Crippen LogP contribution in [0.15, 0.2) is 18.2 Å². The zero-order valence-electron chi connectivity index (χ0n) is 9.33. The molecule has 0 amide bonds. The van der Waals surface area contributed by atoms with Gasteiger partial charge in [0.25, 0.3) is 0 Å². The fraction of sp³-hybridized carbons (Fsp3) is 0.500. The molecule has 1 aromatic carbocycles. The van der Waals surface area contributed by atoms with Crippen molar-refractivity contribution >= 4 is 5.69 Å². The van der Waals surface area contributed by atoms with Gasteiger partial charge in [-0.05, 0) is 25.6 Å². The van der Waals surface area contributed by atoms with E-state index in [9.17, 15) is 4.39 Å². The van der Waals surface area contributed by atoms with Gasteiger partial charge in [-0.3, -0.25) is 0 Å². The molecular formula is C12H17FN2. The number of piperazine rings is 1. The Bertz CT molecular complexity index is 323. The van der Waals surface area contributed by atoms with E-state index in [0.29, 0.717) is 0 Å². The molecule has 0 aliphatic carbocycles. The maximum Gasteiger partial charge on any atom is 0.146 e. The molecule has 2 rings (SSSR count). The van der Waals surface area contributed by atoms with E-state index in [-0.39, 0.29) is 5.82 Å². The van der Waals surface area contributed by atoms with Crippen molar-refractivity contribution in [2.75, 3.05) is 38.1 Å². The lowest BCUT2D eigenvalue weighted by Gasteiger charge is -2.35. The van der Waals surface area contributed by atoms with Crippen LogP contribution < -0.4 is 4.90 Å². The van der Waals surface area contributed by atoms with Gasteiger partial charge in [0.15, 0.2) is 0 Å². The van der Waals surface area contributed by atoms with Crippen molar-refractivity contribution in [1.82, 2.24) is 4.90 Å². The Morgan fingerprint density at radius 1 is 1.13 bits per heavy atom. The normalized spacial score (nSPS) is 18.2. The second kappa shape index (κ2) is 4.19. The molecule has 0 unspecified atom stereocenters. The molecule has 0 atom stereocenters. The summed E-state index contributed by atoms with van der Waals surface area (Å²) < 4.78 is 13.7. The van der Waals surface area contributed by atoms with Gasteiger partial charge in [0.05, 0.1) is 5.69 Å². The Morgan fingerprint density at radius 2 is 1.80 bits per heavy atom. The largest absolute Gasteiger partial charge is 0.366 e. The van der Waals surface area contributed by atoms with E-state index in [4.69, 9.17) is 0 Å². The number of hydrogen-bond donors (Lipinski definition) is 0. The smallest absolute Gasteiger partial charge is 0.146 e. The van der Waals surface area contributed by atoms with Crippen molar-refractivity contribution in [2.45, 2.75) is 6.92 Å². The average molecular weight is 208 g/mol. The van der Waals surface area contributed by atoms with E-state index >= 15 is 0 Å². The van der Waals surface area contributed by atoms with Gasteiger partial charge in [0.2, 0.25) is 0 Å². The molecule has 3 heteroatoms. The summed E-state index contributed by atoms with van der Waals surface area (Å²) in [5, 5.41) is 0. The molecular weight excluding hydrogens is 191 g/mol. The molecule has 0 spiro atoms. The number of likely N-dealkylation sites (N-methyl/N-ethyl adjacent to an activating group) is 1. The van der Waals surface area contributed by atoms with Crippen molar-refractivity contribution in [3.63, 3.8) is 0 Å². The molecule has 1 fully saturated rings. The summed E-state index contributed by atoms with van der Waals surface area (Å²) >= 11 is 0. The van der Waals surface area contributed by atoms with Crippen molar-refractivity contribution in [1.29, 1.82) is 0 Å². The van der Waals surface area contributed by atoms with Crippen LogP contribution in [-0.4, -0.2) is 38.1 Å². The second-order valence-electron chi connectivity index (χ2n) is 4.20. The zero-order chi connectivity index (χ0) is 10.8. The molecule has 1 aliphatic heterocycles. The lowest BCUT2D eigenvalue weighted by molar-refractivity contribution is 0.311. The topological polar surface area (TPSA) is 6.48 Å². The number of halogens is 1. The molecule has 0 radical (unpaired) electrons. The third kappa shape index (κ3) is 2.12. The third-order valence-electron chi connectivity index (χ3n) is 3.01. The summed E-state index contributed by atoms with van der Waals surface area (Å²) in [6.45, 7) is 5.81. The van der Waals surface area contributed by atoms with E-state index in [1.165, 1.54) is 0 Å². The number of para-hydroxylation sites is 1. The van der Waals surface area contributed by atoms with Gasteiger partial charge in [-0.1, -0.05) is 12.1 Å². The van der Waals surface area contributed by atoms with Gasteiger partial charge < -0.3 is 9.80 Å². The molecule has 0 aromatic heterocycles. The predicted octanol–water partition coefficient (Wildman–Crippen LogP) is 1.89. The van der Waals surface area contributed by atoms with Crippen LogP contribution in [0.3, 0.4) is 0 Å². The lowest BCUT2D eigenvalue weighted by atomic mass is 10.1. The van der Waals surface area contributed by atoms with Crippen LogP contribution in [-0.2, 0) is 0 Å². The highest BCUT2D eigenvalue weighted by Crippen LogP contribution is 2.24. The highest BCUT2D eigenvalue weighted by atomic mass is 19.1. The SMILES string of the molecule is Cc1cccc(F)c1N1CCN(C)CC1. The Kier molecular flexibility index (Phi) is 2.91. The summed E-state index contributed by atoms with van der Waals surface area (Å²) in [5.41, 5.74) is 1.81. The number of aryl methyl sites for hydroxylation is 1. The van der Waals surface area contributed by atoms with Crippen LogP contribution in [0.1, 0.15) is 5.56 Å². The molecule has 0 bridgehead atoms. The van der Waals surface area contributed by atoms with Gasteiger partial charge >= 0.3 is 0 Å². The molecule has 0 saturated carbocycles. The van der Waals surface area contributed by atoms with Crippen molar-refractivity contribution in [3.05, 3.63) is 29.6 Å². The molecule has 2 nitrogen and oxygen atoms in total. The van der Waals surface area contributed by atoms with Gasteiger partial charge in [-0.15, -0.1) is 0 Å². The van der Waals surface area contributed by atoms with E-state index < -0.39 is 0 Å². The first-order chi connectivity index (χ1) is 7.18. The van der Waals surface area contributed by atoms with Crippen LogP contribution >= 0.6 is 0 Å². The lowest BCUT2D eigenvalue weighted by Crippen LogP contribution is -2.45. The molecule has 0 N–H and O–H groups in total. The first kappa shape index (κ1) is 10.4. The standard InChI is InChI=1S/C12H17FN2/c1-10-4-3-5-11(13)12(10)15-8-6-14(2)7-9-15/h3-5H,6-9H2,1-2H3. The van der Waals surface area contributed by atoms with Crippen molar-refractivity contribution < 1.29 is 4.39 Å². The van der Waals surface area contributed by atoms with E-state index in [0.717, 1.165) is 37.4 Å². The van der Waals surface area contributed by atoms with Gasteiger partial charge in [0, 0.05) is 26.2 Å². The quantitative estimate of drug-likeness (QED) is 0.695. The third-order valence-corrected chi connectivity index (χ3v) is 3.01. The number of rotatable bonds is 1. The molecule has 15 heavy (non-hydrogen) atoms. The van der Waals surface area contributed by atoms with Crippen LogP contribution in [0.25, 0.3) is 0 Å². The highest BCUT2D eigenvalue weighted by molar-refractivity contribution is 5.54. The first-order valence-electron chi connectivity index (χ1n) is 5.37. The summed E-state index contributed by atoms with van der Waals surface area (Å²) in [6.07, 6.45) is 0. The van der Waals surface area contributed by atoms with Gasteiger partial charge in [-0.25, -0.2) is 4.39 Å². The predicted molar refractivity (Wildman–Crippen MR) is 60.8 cm³/mol. The van der Waals surface area contributed by atoms with Crippen molar-refractivity contribution in [3.8, 4) is 0 Å². The number of anilines is 1. The van der Waals surface area contributed by atoms with E-state index in [1.807, 2.05) is 13.0 Å². The first-order valence-corrected chi connectivity index (χ1v) is 5.37. The van der Waals surface area contributed by atoms with E-state index in [1.54, 1.807) is 12.1 Å². The Balaban J connectivity index is 2.22. The Labute approximate surface area is 90.3 Å². The Morgan fingerprint density at radius 3 is 2.40 bits per heavy atom. The fourth-order valence-electron chi connectivity index (χ4n) is 2.05. The van der Waals surface area contributed by atoms with Gasteiger partial charge in [-0.2, -0.15) is 0 Å². The average Bonchev–Trinajstić information content (AvgIpc) is 2.20.